The molecule has 1 saturated heterocycles. The molecule has 0 radical (unpaired) electrons. The quantitative estimate of drug-likeness (QED) is 0.850. The van der Waals surface area contributed by atoms with Gasteiger partial charge in [-0.15, -0.1) is 0 Å². The summed E-state index contributed by atoms with van der Waals surface area (Å²) in [7, 11) is 1.72. The van der Waals surface area contributed by atoms with Crippen LogP contribution in [0.1, 0.15) is 24.5 Å². The minimum Gasteiger partial charge on any atom is -0.383 e. The number of nitrogens with zero attached hydrogens (tertiary/aromatic N) is 3. The third-order valence-electron chi connectivity index (χ3n) is 4.36. The van der Waals surface area contributed by atoms with Crippen LogP contribution in [0.4, 0.5) is 4.39 Å². The van der Waals surface area contributed by atoms with E-state index in [2.05, 4.69) is 14.9 Å². The predicted molar refractivity (Wildman–Crippen MR) is 87.7 cm³/mol. The number of benzene rings is 1. The van der Waals surface area contributed by atoms with E-state index in [0.717, 1.165) is 44.8 Å². The second kappa shape index (κ2) is 7.62. The molecule has 1 aliphatic heterocycles. The zero-order chi connectivity index (χ0) is 16.1. The van der Waals surface area contributed by atoms with Crippen molar-refractivity contribution in [2.24, 2.45) is 0 Å². The molecule has 4 nitrogen and oxygen atoms in total. The molecule has 0 saturated carbocycles. The van der Waals surface area contributed by atoms with Gasteiger partial charge in [-0.2, -0.15) is 0 Å². The average molecular weight is 315 g/mol. The summed E-state index contributed by atoms with van der Waals surface area (Å²) in [4.78, 5) is 11.4. The van der Waals surface area contributed by atoms with Crippen molar-refractivity contribution in [3.05, 3.63) is 48.2 Å². The molecular weight excluding hydrogens is 293 g/mol. The Bertz CT molecular complexity index is 650. The van der Waals surface area contributed by atoms with Gasteiger partial charge in [-0.25, -0.2) is 4.39 Å². The van der Waals surface area contributed by atoms with Crippen molar-refractivity contribution in [2.45, 2.75) is 18.8 Å². The molecule has 0 N–H and O–H groups in total. The number of hydrogen-bond acceptors (Lipinski definition) is 4. The molecule has 1 aromatic heterocycles. The van der Waals surface area contributed by atoms with Crippen LogP contribution in [0.3, 0.4) is 0 Å². The number of methoxy groups -OCH3 is 1. The zero-order valence-corrected chi connectivity index (χ0v) is 13.4. The van der Waals surface area contributed by atoms with Crippen LogP contribution in [0.15, 0.2) is 36.7 Å². The lowest BCUT2D eigenvalue weighted by atomic mass is 9.91. The van der Waals surface area contributed by atoms with E-state index in [4.69, 9.17) is 4.74 Å². The van der Waals surface area contributed by atoms with Crippen molar-refractivity contribution >= 4 is 0 Å². The van der Waals surface area contributed by atoms with Gasteiger partial charge in [-0.1, -0.05) is 12.1 Å². The third-order valence-corrected chi connectivity index (χ3v) is 4.36. The molecule has 1 fully saturated rings. The van der Waals surface area contributed by atoms with Gasteiger partial charge in [0.1, 0.15) is 5.82 Å². The molecule has 5 heteroatoms. The fraction of sp³-hybridized carbons (Fsp3) is 0.444. The lowest BCUT2D eigenvalue weighted by Gasteiger charge is -2.32. The molecule has 122 valence electrons. The maximum Gasteiger partial charge on any atom is 0.132 e. The summed E-state index contributed by atoms with van der Waals surface area (Å²) in [6.45, 7) is 3.65. The fourth-order valence-electron chi connectivity index (χ4n) is 3.21. The highest BCUT2D eigenvalue weighted by Gasteiger charge is 2.25. The van der Waals surface area contributed by atoms with E-state index in [1.165, 1.54) is 6.07 Å². The van der Waals surface area contributed by atoms with Gasteiger partial charge in [-0.3, -0.25) is 9.97 Å². The van der Waals surface area contributed by atoms with E-state index in [-0.39, 0.29) is 11.7 Å². The van der Waals surface area contributed by atoms with Gasteiger partial charge in [-0.05, 0) is 31.5 Å². The number of ether oxygens (including phenoxy) is 1. The third kappa shape index (κ3) is 3.74. The predicted octanol–water partition coefficient (Wildman–Crippen LogP) is 3.11. The number of aromatic nitrogens is 2. The van der Waals surface area contributed by atoms with E-state index >= 15 is 0 Å². The van der Waals surface area contributed by atoms with Crippen LogP contribution in [0, 0.1) is 5.82 Å². The Morgan fingerprint density at radius 1 is 1.26 bits per heavy atom. The van der Waals surface area contributed by atoms with Gasteiger partial charge < -0.3 is 9.64 Å². The van der Waals surface area contributed by atoms with Gasteiger partial charge in [0.2, 0.25) is 0 Å². The maximum atomic E-state index is 14.2. The van der Waals surface area contributed by atoms with Crippen LogP contribution < -0.4 is 0 Å². The first kappa shape index (κ1) is 16.0. The van der Waals surface area contributed by atoms with Crippen molar-refractivity contribution in [2.75, 3.05) is 33.4 Å². The van der Waals surface area contributed by atoms with Crippen molar-refractivity contribution in [1.29, 1.82) is 0 Å². The Balaban J connectivity index is 1.87. The zero-order valence-electron chi connectivity index (χ0n) is 13.4. The summed E-state index contributed by atoms with van der Waals surface area (Å²) in [6, 6.07) is 6.78. The summed E-state index contributed by atoms with van der Waals surface area (Å²) >= 11 is 0. The Morgan fingerprint density at radius 3 is 2.91 bits per heavy atom. The molecule has 2 heterocycles. The molecular formula is C18H22FN3O. The number of hydrogen-bond donors (Lipinski definition) is 0. The molecule has 3 rings (SSSR count). The number of rotatable bonds is 5. The highest BCUT2D eigenvalue weighted by atomic mass is 19.1. The summed E-state index contributed by atoms with van der Waals surface area (Å²) in [5.74, 6) is 0.0326. The van der Waals surface area contributed by atoms with Crippen LogP contribution in [-0.4, -0.2) is 48.2 Å². The summed E-state index contributed by atoms with van der Waals surface area (Å²) in [6.07, 6.45) is 5.51. The molecule has 0 amide bonds. The van der Waals surface area contributed by atoms with Crippen LogP contribution >= 0.6 is 0 Å². The van der Waals surface area contributed by atoms with Gasteiger partial charge in [0.25, 0.3) is 0 Å². The summed E-state index contributed by atoms with van der Waals surface area (Å²) in [5.41, 5.74) is 2.11. The van der Waals surface area contributed by atoms with Crippen LogP contribution in [-0.2, 0) is 4.74 Å². The van der Waals surface area contributed by atoms with Crippen molar-refractivity contribution < 1.29 is 9.13 Å². The molecule has 23 heavy (non-hydrogen) atoms. The Hall–Kier alpha value is -1.85. The largest absolute Gasteiger partial charge is 0.383 e. The number of piperidine rings is 1. The van der Waals surface area contributed by atoms with Gasteiger partial charge in [0.05, 0.1) is 18.0 Å². The smallest absolute Gasteiger partial charge is 0.132 e. The Morgan fingerprint density at radius 2 is 2.09 bits per heavy atom. The summed E-state index contributed by atoms with van der Waals surface area (Å²) in [5, 5.41) is 0. The number of halogens is 1. The normalized spacial score (nSPS) is 19.0. The standard InChI is InChI=1S/C18H22FN3O/c1-23-12-11-22-10-4-5-14(13-22)17-18(21-9-8-20-17)15-6-2-3-7-16(15)19/h2-3,6-9,14H,4-5,10-13H2,1H3/t14-/m1/s1. The molecule has 0 aliphatic carbocycles. The molecule has 1 aromatic carbocycles. The minimum atomic E-state index is -0.249. The maximum absolute atomic E-state index is 14.2. The SMILES string of the molecule is COCCN1CCC[C@@H](c2nccnc2-c2ccccc2F)C1. The van der Waals surface area contributed by atoms with Crippen molar-refractivity contribution in [1.82, 2.24) is 14.9 Å². The van der Waals surface area contributed by atoms with E-state index in [1.807, 2.05) is 6.07 Å². The lowest BCUT2D eigenvalue weighted by molar-refractivity contribution is 0.127. The minimum absolute atomic E-state index is 0.249. The molecule has 2 aromatic rings. The molecule has 1 aliphatic rings. The first-order chi connectivity index (χ1) is 11.3. The van der Waals surface area contributed by atoms with Gasteiger partial charge in [0.15, 0.2) is 0 Å². The highest BCUT2D eigenvalue weighted by molar-refractivity contribution is 5.62. The second-order valence-electron chi connectivity index (χ2n) is 5.90. The van der Waals surface area contributed by atoms with Gasteiger partial charge >= 0.3 is 0 Å². The monoisotopic (exact) mass is 315 g/mol. The lowest BCUT2D eigenvalue weighted by Crippen LogP contribution is -2.37. The molecule has 0 unspecified atom stereocenters. The van der Waals surface area contributed by atoms with E-state index < -0.39 is 0 Å². The topological polar surface area (TPSA) is 38.2 Å². The molecule has 1 atom stereocenters. The Kier molecular flexibility index (Phi) is 5.31. The van der Waals surface area contributed by atoms with E-state index in [0.29, 0.717) is 11.3 Å². The average Bonchev–Trinajstić information content (AvgIpc) is 2.61. The second-order valence-corrected chi connectivity index (χ2v) is 5.90. The first-order valence-corrected chi connectivity index (χ1v) is 8.06. The van der Waals surface area contributed by atoms with Crippen molar-refractivity contribution in [3.63, 3.8) is 0 Å². The van der Waals surface area contributed by atoms with Crippen molar-refractivity contribution in [3.8, 4) is 11.3 Å². The first-order valence-electron chi connectivity index (χ1n) is 8.06. The molecule has 0 spiro atoms. The van der Waals surface area contributed by atoms with Crippen LogP contribution in [0.2, 0.25) is 0 Å². The van der Waals surface area contributed by atoms with E-state index in [1.54, 1.807) is 31.6 Å². The highest BCUT2D eigenvalue weighted by Crippen LogP contribution is 2.32. The van der Waals surface area contributed by atoms with Crippen LogP contribution in [0.5, 0.6) is 0 Å². The molecule has 0 bridgehead atoms. The van der Waals surface area contributed by atoms with Gasteiger partial charge in [0, 0.05) is 44.1 Å². The fourth-order valence-corrected chi connectivity index (χ4v) is 3.21. The number of likely N-dealkylation sites (tertiary alicyclic amines) is 1. The Labute approximate surface area is 136 Å². The van der Waals surface area contributed by atoms with Crippen LogP contribution in [0.25, 0.3) is 11.3 Å². The summed E-state index contributed by atoms with van der Waals surface area (Å²) < 4.78 is 19.3. The van der Waals surface area contributed by atoms with E-state index in [9.17, 15) is 4.39 Å².